The number of nitrogens with zero attached hydrogens (tertiary/aromatic N) is 3. The van der Waals surface area contributed by atoms with Gasteiger partial charge in [0.05, 0.1) is 5.75 Å². The second-order valence-electron chi connectivity index (χ2n) is 5.70. The highest BCUT2D eigenvalue weighted by Crippen LogP contribution is 2.22. The molecule has 0 saturated carbocycles. The molecule has 0 bridgehead atoms. The molecule has 0 aliphatic heterocycles. The van der Waals surface area contributed by atoms with Crippen molar-refractivity contribution < 1.29 is 8.42 Å². The molecule has 2 aromatic carbocycles. The zero-order valence-electron chi connectivity index (χ0n) is 13.5. The van der Waals surface area contributed by atoms with E-state index in [1.807, 2.05) is 60.7 Å². The highest BCUT2D eigenvalue weighted by molar-refractivity contribution is 7.90. The van der Waals surface area contributed by atoms with Crippen LogP contribution < -0.4 is 0 Å². The van der Waals surface area contributed by atoms with Crippen LogP contribution in [0.5, 0.6) is 0 Å². The van der Waals surface area contributed by atoms with Gasteiger partial charge in [-0.15, -0.1) is 0 Å². The number of aryl methyl sites for hydroxylation is 1. The first kappa shape index (κ1) is 16.4. The fourth-order valence-electron chi connectivity index (χ4n) is 2.48. The van der Waals surface area contributed by atoms with Gasteiger partial charge in [0.25, 0.3) is 0 Å². The largest absolute Gasteiger partial charge is 0.245 e. The molecule has 1 aromatic heterocycles. The summed E-state index contributed by atoms with van der Waals surface area (Å²) in [5.41, 5.74) is 1.91. The van der Waals surface area contributed by atoms with Crippen molar-refractivity contribution in [3.8, 4) is 22.8 Å². The summed E-state index contributed by atoms with van der Waals surface area (Å²) in [4.78, 5) is 4.67. The van der Waals surface area contributed by atoms with E-state index in [-0.39, 0.29) is 5.75 Å². The molecule has 1 heterocycles. The van der Waals surface area contributed by atoms with Gasteiger partial charge in [0, 0.05) is 23.9 Å². The Kier molecular flexibility index (Phi) is 4.76. The molecule has 0 spiro atoms. The third-order valence-corrected chi connectivity index (χ3v) is 4.65. The van der Waals surface area contributed by atoms with Crippen LogP contribution in [0.3, 0.4) is 0 Å². The SMILES string of the molecule is CS(=O)(=O)CCCn1nc(-c2ccccc2)nc1-c1ccccc1. The van der Waals surface area contributed by atoms with E-state index in [2.05, 4.69) is 10.1 Å². The summed E-state index contributed by atoms with van der Waals surface area (Å²) < 4.78 is 24.5. The average Bonchev–Trinajstić information content (AvgIpc) is 2.99. The van der Waals surface area contributed by atoms with Crippen molar-refractivity contribution in [1.82, 2.24) is 14.8 Å². The minimum atomic E-state index is -2.98. The molecule has 0 N–H and O–H groups in total. The van der Waals surface area contributed by atoms with E-state index in [4.69, 9.17) is 0 Å². The lowest BCUT2D eigenvalue weighted by atomic mass is 10.2. The van der Waals surface area contributed by atoms with Gasteiger partial charge in [-0.25, -0.2) is 18.1 Å². The Morgan fingerprint density at radius 3 is 2.08 bits per heavy atom. The van der Waals surface area contributed by atoms with Gasteiger partial charge in [-0.3, -0.25) is 0 Å². The molecule has 0 saturated heterocycles. The Labute approximate surface area is 141 Å². The average molecular weight is 341 g/mol. The highest BCUT2D eigenvalue weighted by Gasteiger charge is 2.13. The smallest absolute Gasteiger partial charge is 0.181 e. The molecule has 24 heavy (non-hydrogen) atoms. The Morgan fingerprint density at radius 2 is 1.50 bits per heavy atom. The van der Waals surface area contributed by atoms with Crippen molar-refractivity contribution >= 4 is 9.84 Å². The predicted octanol–water partition coefficient (Wildman–Crippen LogP) is 3.05. The van der Waals surface area contributed by atoms with E-state index in [9.17, 15) is 8.42 Å². The number of sulfone groups is 1. The van der Waals surface area contributed by atoms with E-state index in [1.54, 1.807) is 4.68 Å². The van der Waals surface area contributed by atoms with Crippen molar-refractivity contribution in [2.24, 2.45) is 0 Å². The number of aromatic nitrogens is 3. The summed E-state index contributed by atoms with van der Waals surface area (Å²) in [6.07, 6.45) is 1.76. The van der Waals surface area contributed by atoms with Crippen LogP contribution in [0.15, 0.2) is 60.7 Å². The van der Waals surface area contributed by atoms with Gasteiger partial charge >= 0.3 is 0 Å². The minimum absolute atomic E-state index is 0.141. The number of hydrogen-bond donors (Lipinski definition) is 0. The lowest BCUT2D eigenvalue weighted by molar-refractivity contribution is 0.579. The summed E-state index contributed by atoms with van der Waals surface area (Å²) >= 11 is 0. The van der Waals surface area contributed by atoms with Crippen molar-refractivity contribution in [2.45, 2.75) is 13.0 Å². The maximum atomic E-state index is 11.4. The van der Waals surface area contributed by atoms with Crippen molar-refractivity contribution in [3.63, 3.8) is 0 Å². The van der Waals surface area contributed by atoms with Gasteiger partial charge in [0.1, 0.15) is 9.84 Å². The molecule has 0 amide bonds. The predicted molar refractivity (Wildman–Crippen MR) is 95.2 cm³/mol. The summed E-state index contributed by atoms with van der Waals surface area (Å²) in [5.74, 6) is 1.54. The Hall–Kier alpha value is -2.47. The lowest BCUT2D eigenvalue weighted by Crippen LogP contribution is -2.09. The zero-order chi connectivity index (χ0) is 17.0. The topological polar surface area (TPSA) is 64.8 Å². The van der Waals surface area contributed by atoms with Crippen LogP contribution in [-0.4, -0.2) is 35.2 Å². The second kappa shape index (κ2) is 6.97. The summed E-state index contributed by atoms with van der Waals surface area (Å²) in [5, 5.41) is 4.59. The van der Waals surface area contributed by atoms with Crippen molar-refractivity contribution in [1.29, 1.82) is 0 Å². The fourth-order valence-corrected chi connectivity index (χ4v) is 3.14. The molecular weight excluding hydrogens is 322 g/mol. The molecule has 3 rings (SSSR count). The number of hydrogen-bond acceptors (Lipinski definition) is 4. The third-order valence-electron chi connectivity index (χ3n) is 3.62. The van der Waals surface area contributed by atoms with Crippen LogP contribution in [0.1, 0.15) is 6.42 Å². The van der Waals surface area contributed by atoms with Crippen LogP contribution in [0, 0.1) is 0 Å². The van der Waals surface area contributed by atoms with E-state index in [0.29, 0.717) is 18.8 Å². The van der Waals surface area contributed by atoms with Crippen molar-refractivity contribution in [3.05, 3.63) is 60.7 Å². The Bertz CT molecular complexity index is 904. The molecule has 0 aliphatic rings. The first-order valence-electron chi connectivity index (χ1n) is 7.76. The highest BCUT2D eigenvalue weighted by atomic mass is 32.2. The van der Waals surface area contributed by atoms with Crippen LogP contribution in [0.4, 0.5) is 0 Å². The Morgan fingerprint density at radius 1 is 0.917 bits per heavy atom. The minimum Gasteiger partial charge on any atom is -0.245 e. The van der Waals surface area contributed by atoms with Gasteiger partial charge < -0.3 is 0 Å². The molecule has 6 heteroatoms. The van der Waals surface area contributed by atoms with E-state index in [1.165, 1.54) is 6.26 Å². The van der Waals surface area contributed by atoms with Gasteiger partial charge in [-0.05, 0) is 6.42 Å². The third kappa shape index (κ3) is 4.08. The van der Waals surface area contributed by atoms with Crippen LogP contribution in [0.25, 0.3) is 22.8 Å². The van der Waals surface area contributed by atoms with Gasteiger partial charge in [0.2, 0.25) is 0 Å². The van der Waals surface area contributed by atoms with E-state index >= 15 is 0 Å². The fraction of sp³-hybridized carbons (Fsp3) is 0.222. The molecule has 124 valence electrons. The molecule has 0 atom stereocenters. The Balaban J connectivity index is 1.94. The summed E-state index contributed by atoms with van der Waals surface area (Å²) in [6, 6.07) is 19.6. The maximum Gasteiger partial charge on any atom is 0.181 e. The molecule has 5 nitrogen and oxygen atoms in total. The van der Waals surface area contributed by atoms with Crippen LogP contribution >= 0.6 is 0 Å². The standard InChI is InChI=1S/C18H19N3O2S/c1-24(22,23)14-8-13-21-18(16-11-6-3-7-12-16)19-17(20-21)15-9-4-2-5-10-15/h2-7,9-12H,8,13-14H2,1H3. The molecule has 0 unspecified atom stereocenters. The summed E-state index contributed by atoms with van der Waals surface area (Å²) in [7, 11) is -2.98. The normalized spacial score (nSPS) is 11.5. The lowest BCUT2D eigenvalue weighted by Gasteiger charge is -2.05. The van der Waals surface area contributed by atoms with Gasteiger partial charge in [-0.1, -0.05) is 60.7 Å². The molecule has 0 aliphatic carbocycles. The first-order chi connectivity index (χ1) is 11.5. The molecule has 0 fully saturated rings. The first-order valence-corrected chi connectivity index (χ1v) is 9.82. The van der Waals surface area contributed by atoms with E-state index < -0.39 is 9.84 Å². The van der Waals surface area contributed by atoms with Crippen LogP contribution in [0.2, 0.25) is 0 Å². The van der Waals surface area contributed by atoms with Crippen molar-refractivity contribution in [2.75, 3.05) is 12.0 Å². The molecule has 0 radical (unpaired) electrons. The molecule has 3 aromatic rings. The van der Waals surface area contributed by atoms with E-state index in [0.717, 1.165) is 17.0 Å². The van der Waals surface area contributed by atoms with Crippen LogP contribution in [-0.2, 0) is 16.4 Å². The molecular formula is C18H19N3O2S. The quantitative estimate of drug-likeness (QED) is 0.691. The maximum absolute atomic E-state index is 11.4. The summed E-state index contributed by atoms with van der Waals surface area (Å²) in [6.45, 7) is 0.511. The van der Waals surface area contributed by atoms with Gasteiger partial charge in [0.15, 0.2) is 11.6 Å². The number of benzene rings is 2. The number of rotatable bonds is 6. The monoisotopic (exact) mass is 341 g/mol. The zero-order valence-corrected chi connectivity index (χ0v) is 14.3. The van der Waals surface area contributed by atoms with Gasteiger partial charge in [-0.2, -0.15) is 5.10 Å². The second-order valence-corrected chi connectivity index (χ2v) is 7.96.